The monoisotopic (exact) mass is 414 g/mol. The summed E-state index contributed by atoms with van der Waals surface area (Å²) in [5.74, 6) is 5.01. The number of rotatable bonds is 6. The molecule has 3 N–H and O–H groups in total. The van der Waals surface area contributed by atoms with Crippen LogP contribution in [0.4, 0.5) is 0 Å². The maximum absolute atomic E-state index is 13.3. The van der Waals surface area contributed by atoms with Gasteiger partial charge in [0.25, 0.3) is 11.8 Å². The van der Waals surface area contributed by atoms with Crippen LogP contribution in [0.3, 0.4) is 0 Å². The Morgan fingerprint density at radius 3 is 2.32 bits per heavy atom. The molecule has 0 unspecified atom stereocenters. The summed E-state index contributed by atoms with van der Waals surface area (Å²) in [7, 11) is 0. The maximum Gasteiger partial charge on any atom is 0.274 e. The average Bonchev–Trinajstić information content (AvgIpc) is 3.28. The lowest BCUT2D eigenvalue weighted by Crippen LogP contribution is -2.34. The number of benzene rings is 3. The van der Waals surface area contributed by atoms with Gasteiger partial charge in [0.1, 0.15) is 5.75 Å². The number of nitrogens with zero attached hydrogens (tertiary/aromatic N) is 2. The molecular formula is C24H22N4O3. The third kappa shape index (κ3) is 4.46. The molecule has 2 amide bonds. The van der Waals surface area contributed by atoms with Crippen molar-refractivity contribution in [2.24, 2.45) is 10.9 Å². The first-order valence-electron chi connectivity index (χ1n) is 9.90. The molecule has 0 bridgehead atoms. The molecule has 31 heavy (non-hydrogen) atoms. The highest BCUT2D eigenvalue weighted by molar-refractivity contribution is 6.05. The predicted octanol–water partition coefficient (Wildman–Crippen LogP) is 3.05. The summed E-state index contributed by atoms with van der Waals surface area (Å²) in [6, 6.07) is 25.8. The quantitative estimate of drug-likeness (QED) is 0.368. The molecule has 0 radical (unpaired) electrons. The molecular weight excluding hydrogens is 392 g/mol. The second-order valence-electron chi connectivity index (χ2n) is 7.04. The van der Waals surface area contributed by atoms with Crippen LogP contribution in [0, 0.1) is 0 Å². The normalized spacial score (nSPS) is 15.3. The largest absolute Gasteiger partial charge is 0.483 e. The van der Waals surface area contributed by atoms with Gasteiger partial charge in [-0.05, 0) is 23.8 Å². The summed E-state index contributed by atoms with van der Waals surface area (Å²) >= 11 is 0. The van der Waals surface area contributed by atoms with Crippen molar-refractivity contribution >= 4 is 17.5 Å². The summed E-state index contributed by atoms with van der Waals surface area (Å²) in [6.07, 6.45) is 0.520. The minimum atomic E-state index is -0.445. The second kappa shape index (κ2) is 9.23. The summed E-state index contributed by atoms with van der Waals surface area (Å²) < 4.78 is 5.70. The SMILES string of the molecule is NNC(=O)COc1ccccc1[C@@H]1CC(c2ccccc2)=NN1C(=O)c1ccccc1. The molecule has 0 fully saturated rings. The van der Waals surface area contributed by atoms with E-state index in [4.69, 9.17) is 15.7 Å². The number of hydrogen-bond donors (Lipinski definition) is 2. The Labute approximate surface area is 180 Å². The molecule has 0 aromatic heterocycles. The van der Waals surface area contributed by atoms with E-state index < -0.39 is 5.91 Å². The van der Waals surface area contributed by atoms with Gasteiger partial charge in [0, 0.05) is 17.5 Å². The van der Waals surface area contributed by atoms with Crippen molar-refractivity contribution in [2.75, 3.05) is 6.61 Å². The number of hydrazone groups is 1. The average molecular weight is 414 g/mol. The molecule has 4 rings (SSSR count). The minimum Gasteiger partial charge on any atom is -0.483 e. The zero-order valence-corrected chi connectivity index (χ0v) is 16.8. The van der Waals surface area contributed by atoms with Gasteiger partial charge >= 0.3 is 0 Å². The number of para-hydroxylation sites is 1. The topological polar surface area (TPSA) is 97.0 Å². The van der Waals surface area contributed by atoms with E-state index in [0.29, 0.717) is 17.7 Å². The molecule has 1 atom stereocenters. The van der Waals surface area contributed by atoms with Gasteiger partial charge < -0.3 is 4.74 Å². The van der Waals surface area contributed by atoms with Crippen molar-refractivity contribution in [3.8, 4) is 5.75 Å². The fraction of sp³-hybridized carbons (Fsp3) is 0.125. The molecule has 156 valence electrons. The molecule has 0 saturated heterocycles. The molecule has 1 heterocycles. The molecule has 0 aliphatic carbocycles. The summed E-state index contributed by atoms with van der Waals surface area (Å²) in [5, 5.41) is 6.19. The fourth-order valence-electron chi connectivity index (χ4n) is 3.53. The first-order chi connectivity index (χ1) is 15.2. The van der Waals surface area contributed by atoms with Gasteiger partial charge in [-0.15, -0.1) is 0 Å². The van der Waals surface area contributed by atoms with Gasteiger partial charge in [-0.2, -0.15) is 5.10 Å². The third-order valence-electron chi connectivity index (χ3n) is 5.04. The van der Waals surface area contributed by atoms with Crippen molar-refractivity contribution in [1.29, 1.82) is 0 Å². The van der Waals surface area contributed by atoms with Crippen LogP contribution < -0.4 is 16.0 Å². The Hall–Kier alpha value is -3.97. The highest BCUT2D eigenvalue weighted by atomic mass is 16.5. The Morgan fingerprint density at radius 2 is 1.61 bits per heavy atom. The first kappa shape index (κ1) is 20.3. The molecule has 0 spiro atoms. The number of carbonyl (C=O) groups is 2. The Kier molecular flexibility index (Phi) is 6.05. The van der Waals surface area contributed by atoms with Crippen LogP contribution in [0.5, 0.6) is 5.75 Å². The van der Waals surface area contributed by atoms with E-state index in [1.807, 2.05) is 66.7 Å². The summed E-state index contributed by atoms with van der Waals surface area (Å²) in [5.41, 5.74) is 5.13. The van der Waals surface area contributed by atoms with E-state index in [9.17, 15) is 9.59 Å². The zero-order valence-electron chi connectivity index (χ0n) is 16.8. The zero-order chi connectivity index (χ0) is 21.6. The predicted molar refractivity (Wildman–Crippen MR) is 117 cm³/mol. The van der Waals surface area contributed by atoms with Crippen LogP contribution in [0.25, 0.3) is 0 Å². The number of ether oxygens (including phenoxy) is 1. The fourth-order valence-corrected chi connectivity index (χ4v) is 3.53. The first-order valence-corrected chi connectivity index (χ1v) is 9.90. The van der Waals surface area contributed by atoms with E-state index in [1.54, 1.807) is 18.2 Å². The van der Waals surface area contributed by atoms with E-state index in [0.717, 1.165) is 16.8 Å². The van der Waals surface area contributed by atoms with Gasteiger partial charge in [-0.1, -0.05) is 66.7 Å². The molecule has 1 aliphatic rings. The van der Waals surface area contributed by atoms with Crippen LogP contribution in [0.2, 0.25) is 0 Å². The van der Waals surface area contributed by atoms with Crippen molar-refractivity contribution in [3.05, 3.63) is 102 Å². The molecule has 7 heteroatoms. The van der Waals surface area contributed by atoms with Crippen LogP contribution in [-0.4, -0.2) is 29.1 Å². The van der Waals surface area contributed by atoms with Gasteiger partial charge in [0.15, 0.2) is 6.61 Å². The van der Waals surface area contributed by atoms with Gasteiger partial charge in [0.2, 0.25) is 0 Å². The van der Waals surface area contributed by atoms with Crippen molar-refractivity contribution < 1.29 is 14.3 Å². The van der Waals surface area contributed by atoms with Crippen molar-refractivity contribution in [2.45, 2.75) is 12.5 Å². The number of nitrogens with one attached hydrogen (secondary N) is 1. The third-order valence-corrected chi connectivity index (χ3v) is 5.04. The second-order valence-corrected chi connectivity index (χ2v) is 7.04. The van der Waals surface area contributed by atoms with Crippen LogP contribution >= 0.6 is 0 Å². The lowest BCUT2D eigenvalue weighted by Gasteiger charge is -2.24. The Morgan fingerprint density at radius 1 is 0.968 bits per heavy atom. The van der Waals surface area contributed by atoms with Crippen molar-refractivity contribution in [3.63, 3.8) is 0 Å². The van der Waals surface area contributed by atoms with Crippen LogP contribution in [0.15, 0.2) is 90.0 Å². The van der Waals surface area contributed by atoms with Gasteiger partial charge in [-0.3, -0.25) is 15.0 Å². The number of amides is 2. The molecule has 3 aromatic rings. The van der Waals surface area contributed by atoms with Gasteiger partial charge in [-0.25, -0.2) is 10.9 Å². The van der Waals surface area contributed by atoms with Crippen molar-refractivity contribution in [1.82, 2.24) is 10.4 Å². The highest BCUT2D eigenvalue weighted by Gasteiger charge is 2.35. The number of hydrazine groups is 1. The lowest BCUT2D eigenvalue weighted by molar-refractivity contribution is -0.123. The van der Waals surface area contributed by atoms with E-state index in [2.05, 4.69) is 5.43 Å². The minimum absolute atomic E-state index is 0.203. The summed E-state index contributed by atoms with van der Waals surface area (Å²) in [4.78, 5) is 24.9. The van der Waals surface area contributed by atoms with Crippen LogP contribution in [0.1, 0.15) is 33.9 Å². The lowest BCUT2D eigenvalue weighted by atomic mass is 9.97. The van der Waals surface area contributed by atoms with E-state index >= 15 is 0 Å². The van der Waals surface area contributed by atoms with Crippen LogP contribution in [-0.2, 0) is 4.79 Å². The van der Waals surface area contributed by atoms with Gasteiger partial charge in [0.05, 0.1) is 11.8 Å². The molecule has 3 aromatic carbocycles. The Balaban J connectivity index is 1.71. The van der Waals surface area contributed by atoms with E-state index in [1.165, 1.54) is 5.01 Å². The highest BCUT2D eigenvalue weighted by Crippen LogP contribution is 2.38. The Bertz CT molecular complexity index is 1100. The number of carbonyl (C=O) groups excluding carboxylic acids is 2. The molecule has 0 saturated carbocycles. The molecule has 7 nitrogen and oxygen atoms in total. The summed E-state index contributed by atoms with van der Waals surface area (Å²) in [6.45, 7) is -0.223. The van der Waals surface area contributed by atoms with E-state index in [-0.39, 0.29) is 18.6 Å². The number of nitrogens with two attached hydrogens (primary N) is 1. The smallest absolute Gasteiger partial charge is 0.274 e. The standard InChI is InChI=1S/C24H22N4O3/c25-26-23(29)16-31-22-14-8-7-13-19(22)21-15-20(17-9-3-1-4-10-17)27-28(21)24(30)18-11-5-2-6-12-18/h1-14,21H,15-16,25H2,(H,26,29)/t21-/m0/s1. The number of hydrogen-bond acceptors (Lipinski definition) is 5. The maximum atomic E-state index is 13.3. The molecule has 1 aliphatic heterocycles.